The third kappa shape index (κ3) is 6.46. The average Bonchev–Trinajstić information content (AvgIpc) is 2.97. The number of nitrogens with one attached hydrogen (secondary N) is 3. The number of anilines is 3. The summed E-state index contributed by atoms with van der Waals surface area (Å²) in [6, 6.07) is 20.2. The fourth-order valence-corrected chi connectivity index (χ4v) is 3.94. The van der Waals surface area contributed by atoms with Gasteiger partial charge in [-0.05, 0) is 54.6 Å². The van der Waals surface area contributed by atoms with Crippen molar-refractivity contribution in [1.29, 1.82) is 0 Å². The van der Waals surface area contributed by atoms with Gasteiger partial charge in [0.1, 0.15) is 0 Å². The summed E-state index contributed by atoms with van der Waals surface area (Å²) in [7, 11) is 0. The van der Waals surface area contributed by atoms with Crippen molar-refractivity contribution in [1.82, 2.24) is 0 Å². The Hall–Kier alpha value is -6.30. The molecule has 0 aromatic heterocycles. The minimum atomic E-state index is -1.30. The highest BCUT2D eigenvalue weighted by Crippen LogP contribution is 2.22. The van der Waals surface area contributed by atoms with Crippen molar-refractivity contribution < 1.29 is 44.1 Å². The maximum absolute atomic E-state index is 13.2. The second-order valence-electron chi connectivity index (χ2n) is 8.71. The van der Waals surface area contributed by atoms with Crippen molar-refractivity contribution in [3.05, 3.63) is 124 Å². The Kier molecular flexibility index (Phi) is 8.38. The van der Waals surface area contributed by atoms with Crippen LogP contribution in [0, 0.1) is 0 Å². The van der Waals surface area contributed by atoms with Crippen LogP contribution in [0.15, 0.2) is 91.0 Å². The van der Waals surface area contributed by atoms with E-state index in [0.29, 0.717) is 0 Å². The van der Waals surface area contributed by atoms with Crippen molar-refractivity contribution in [3.8, 4) is 0 Å². The molecule has 12 heteroatoms. The first-order valence-electron chi connectivity index (χ1n) is 12.1. The number of carboxylic acids is 3. The highest BCUT2D eigenvalue weighted by molar-refractivity contribution is 6.15. The lowest BCUT2D eigenvalue weighted by Gasteiger charge is -2.13. The van der Waals surface area contributed by atoms with E-state index in [4.69, 9.17) is 0 Å². The molecule has 210 valence electrons. The second-order valence-corrected chi connectivity index (χ2v) is 8.71. The first-order valence-corrected chi connectivity index (χ1v) is 12.1. The second kappa shape index (κ2) is 12.3. The van der Waals surface area contributed by atoms with Gasteiger partial charge in [0.05, 0.1) is 33.8 Å². The van der Waals surface area contributed by atoms with Crippen LogP contribution >= 0.6 is 0 Å². The van der Waals surface area contributed by atoms with Gasteiger partial charge >= 0.3 is 17.9 Å². The van der Waals surface area contributed by atoms with Gasteiger partial charge in [0.2, 0.25) is 0 Å². The van der Waals surface area contributed by atoms with Crippen LogP contribution in [0.3, 0.4) is 0 Å². The van der Waals surface area contributed by atoms with Gasteiger partial charge in [-0.2, -0.15) is 0 Å². The number of hydrogen-bond acceptors (Lipinski definition) is 6. The lowest BCUT2D eigenvalue weighted by molar-refractivity contribution is 0.0687. The number of para-hydroxylation sites is 3. The summed E-state index contributed by atoms with van der Waals surface area (Å²) in [5.41, 5.74) is -1.37. The molecular weight excluding hydrogens is 546 g/mol. The van der Waals surface area contributed by atoms with E-state index in [1.165, 1.54) is 72.8 Å². The summed E-state index contributed by atoms with van der Waals surface area (Å²) in [6.07, 6.45) is 0. The summed E-state index contributed by atoms with van der Waals surface area (Å²) < 4.78 is 0. The number of carboxylic acid groups (broad SMARTS) is 3. The molecule has 0 saturated heterocycles. The largest absolute Gasteiger partial charge is 0.478 e. The van der Waals surface area contributed by atoms with Crippen molar-refractivity contribution in [2.75, 3.05) is 16.0 Å². The molecule has 12 nitrogen and oxygen atoms in total. The average molecular weight is 568 g/mol. The molecule has 0 fully saturated rings. The first kappa shape index (κ1) is 28.7. The standard InChI is InChI=1S/C30H21N3O9/c34-25(31-22-10-4-1-7-19(22)28(37)38)16-13-17(26(35)32-23-11-5-2-8-20(23)29(39)40)15-18(14-16)27(36)33-24-12-6-3-9-21(24)30(41)42/h1-15H,(H,31,34)(H,32,35)(H,33,36)(H,37,38)(H,39,40)(H,41,42). The minimum Gasteiger partial charge on any atom is -0.478 e. The maximum Gasteiger partial charge on any atom is 0.337 e. The predicted octanol–water partition coefficient (Wildman–Crippen LogP) is 4.54. The van der Waals surface area contributed by atoms with Gasteiger partial charge in [-0.1, -0.05) is 36.4 Å². The topological polar surface area (TPSA) is 199 Å². The van der Waals surface area contributed by atoms with E-state index >= 15 is 0 Å². The zero-order valence-corrected chi connectivity index (χ0v) is 21.5. The molecule has 0 heterocycles. The molecule has 4 rings (SSSR count). The van der Waals surface area contributed by atoms with E-state index in [1.54, 1.807) is 0 Å². The molecule has 4 aromatic rings. The molecule has 0 spiro atoms. The Balaban J connectivity index is 1.74. The Labute approximate surface area is 237 Å². The monoisotopic (exact) mass is 567 g/mol. The molecule has 0 radical (unpaired) electrons. The molecule has 42 heavy (non-hydrogen) atoms. The maximum atomic E-state index is 13.2. The van der Waals surface area contributed by atoms with Crippen molar-refractivity contribution >= 4 is 52.7 Å². The molecule has 6 N–H and O–H groups in total. The smallest absolute Gasteiger partial charge is 0.337 e. The van der Waals surface area contributed by atoms with Crippen LogP contribution in [0.5, 0.6) is 0 Å². The van der Waals surface area contributed by atoms with Gasteiger partial charge in [-0.15, -0.1) is 0 Å². The van der Waals surface area contributed by atoms with Crippen LogP contribution in [-0.2, 0) is 0 Å². The SMILES string of the molecule is O=C(Nc1ccccc1C(=O)O)c1cc(C(=O)Nc2ccccc2C(=O)O)cc(C(=O)Nc2ccccc2C(=O)O)c1. The molecular formula is C30H21N3O9. The molecule has 0 bridgehead atoms. The van der Waals surface area contributed by atoms with E-state index < -0.39 is 35.6 Å². The molecule has 4 aromatic carbocycles. The van der Waals surface area contributed by atoms with Crippen molar-refractivity contribution in [2.24, 2.45) is 0 Å². The number of carbonyl (C=O) groups is 6. The number of hydrogen-bond donors (Lipinski definition) is 6. The third-order valence-corrected chi connectivity index (χ3v) is 5.94. The Morgan fingerprint density at radius 1 is 0.405 bits per heavy atom. The van der Waals surface area contributed by atoms with Gasteiger partial charge < -0.3 is 31.3 Å². The molecule has 0 aliphatic carbocycles. The van der Waals surface area contributed by atoms with Gasteiger partial charge in [0.25, 0.3) is 17.7 Å². The molecule has 0 unspecified atom stereocenters. The van der Waals surface area contributed by atoms with Crippen LogP contribution in [0.2, 0.25) is 0 Å². The lowest BCUT2D eigenvalue weighted by atomic mass is 10.0. The number of rotatable bonds is 9. The van der Waals surface area contributed by atoms with Crippen LogP contribution in [0.25, 0.3) is 0 Å². The highest BCUT2D eigenvalue weighted by Gasteiger charge is 2.21. The summed E-state index contributed by atoms with van der Waals surface area (Å²) in [5, 5.41) is 35.7. The Bertz CT molecular complexity index is 1550. The van der Waals surface area contributed by atoms with Gasteiger partial charge in [-0.3, -0.25) is 14.4 Å². The Morgan fingerprint density at radius 3 is 0.881 bits per heavy atom. The fourth-order valence-electron chi connectivity index (χ4n) is 3.94. The van der Waals surface area contributed by atoms with Crippen LogP contribution in [0.4, 0.5) is 17.1 Å². The van der Waals surface area contributed by atoms with Gasteiger partial charge in [0.15, 0.2) is 0 Å². The fraction of sp³-hybridized carbons (Fsp3) is 0. The van der Waals surface area contributed by atoms with E-state index in [0.717, 1.165) is 18.2 Å². The predicted molar refractivity (Wildman–Crippen MR) is 151 cm³/mol. The summed E-state index contributed by atoms with van der Waals surface area (Å²) in [4.78, 5) is 74.4. The molecule has 0 aliphatic rings. The number of benzene rings is 4. The van der Waals surface area contributed by atoms with Crippen LogP contribution in [0.1, 0.15) is 62.1 Å². The molecule has 3 amide bonds. The van der Waals surface area contributed by atoms with E-state index in [2.05, 4.69) is 16.0 Å². The van der Waals surface area contributed by atoms with Crippen LogP contribution in [-0.4, -0.2) is 50.9 Å². The summed E-state index contributed by atoms with van der Waals surface area (Å²) in [6.45, 7) is 0. The van der Waals surface area contributed by atoms with Crippen molar-refractivity contribution in [3.63, 3.8) is 0 Å². The van der Waals surface area contributed by atoms with Crippen LogP contribution < -0.4 is 16.0 Å². The normalized spacial score (nSPS) is 10.3. The Morgan fingerprint density at radius 2 is 0.643 bits per heavy atom. The molecule has 0 atom stereocenters. The summed E-state index contributed by atoms with van der Waals surface area (Å²) >= 11 is 0. The van der Waals surface area contributed by atoms with Gasteiger partial charge in [0, 0.05) is 16.7 Å². The quantitative estimate of drug-likeness (QED) is 0.168. The highest BCUT2D eigenvalue weighted by atomic mass is 16.4. The lowest BCUT2D eigenvalue weighted by Crippen LogP contribution is -2.21. The van der Waals surface area contributed by atoms with Crippen molar-refractivity contribution in [2.45, 2.75) is 0 Å². The number of carbonyl (C=O) groups excluding carboxylic acids is 3. The van der Waals surface area contributed by atoms with E-state index in [-0.39, 0.29) is 50.4 Å². The zero-order chi connectivity index (χ0) is 30.4. The first-order chi connectivity index (χ1) is 20.0. The van der Waals surface area contributed by atoms with E-state index in [1.807, 2.05) is 0 Å². The van der Waals surface area contributed by atoms with E-state index in [9.17, 15) is 44.1 Å². The molecule has 0 aliphatic heterocycles. The summed E-state index contributed by atoms with van der Waals surface area (Å²) in [5.74, 6) is -6.47. The minimum absolute atomic E-state index is 0.0402. The molecule has 0 saturated carbocycles. The number of aromatic carboxylic acids is 3. The third-order valence-electron chi connectivity index (χ3n) is 5.94. The number of amides is 3. The van der Waals surface area contributed by atoms with Gasteiger partial charge in [-0.25, -0.2) is 14.4 Å². The zero-order valence-electron chi connectivity index (χ0n) is 21.5.